The lowest BCUT2D eigenvalue weighted by atomic mass is 10.1. The van der Waals surface area contributed by atoms with Crippen molar-refractivity contribution >= 4 is 11.6 Å². The zero-order chi connectivity index (χ0) is 20.8. The molecule has 0 bridgehead atoms. The van der Waals surface area contributed by atoms with Crippen LogP contribution in [0.4, 0.5) is 5.69 Å². The Kier molecular flexibility index (Phi) is 4.01. The quantitative estimate of drug-likeness (QED) is 0.536. The molecule has 1 saturated heterocycles. The van der Waals surface area contributed by atoms with Gasteiger partial charge in [-0.15, -0.1) is 0 Å². The third-order valence-corrected chi connectivity index (χ3v) is 5.35. The molecule has 0 radical (unpaired) electrons. The number of furan rings is 1. The van der Waals surface area contributed by atoms with E-state index in [-0.39, 0.29) is 11.8 Å². The average Bonchev–Trinajstić information content (AvgIpc) is 3.59. The Bertz CT molecular complexity index is 1240. The van der Waals surface area contributed by atoms with Crippen LogP contribution in [0.1, 0.15) is 18.2 Å². The number of hydrogen-bond acceptors (Lipinski definition) is 8. The zero-order valence-electron chi connectivity index (χ0n) is 16.3. The summed E-state index contributed by atoms with van der Waals surface area (Å²) in [6.45, 7) is 1.47. The molecule has 156 valence electrons. The fourth-order valence-corrected chi connectivity index (χ4v) is 3.82. The molecule has 0 spiro atoms. The first kappa shape index (κ1) is 17.8. The number of H-pyrrole nitrogens is 1. The van der Waals surface area contributed by atoms with E-state index in [0.29, 0.717) is 66.5 Å². The minimum Gasteiger partial charge on any atom is -0.486 e. The van der Waals surface area contributed by atoms with E-state index >= 15 is 0 Å². The molecular weight excluding hydrogens is 402 g/mol. The maximum absolute atomic E-state index is 12.7. The Balaban J connectivity index is 1.21. The van der Waals surface area contributed by atoms with E-state index in [1.54, 1.807) is 23.3 Å². The minimum atomic E-state index is -0.175. The number of anilines is 1. The van der Waals surface area contributed by atoms with Crippen molar-refractivity contribution in [2.24, 2.45) is 0 Å². The summed E-state index contributed by atoms with van der Waals surface area (Å²) < 4.78 is 21.9. The molecule has 1 fully saturated rings. The number of hydrogen-bond donors (Lipinski definition) is 1. The Morgan fingerprint density at radius 3 is 2.87 bits per heavy atom. The molecule has 4 aromatic rings. The standard InChI is InChI=1S/C21H17N5O5/c27-19-8-12(11-26(19)13-3-4-17-18(9-13)30-7-6-29-17)20-22-21(31-25-20)15-10-14(23-24-15)16-2-1-5-28-16/h1-5,9-10,12H,6-8,11H2,(H,23,24). The number of rotatable bonds is 4. The molecule has 1 N–H and O–H groups in total. The van der Waals surface area contributed by atoms with Crippen LogP contribution >= 0.6 is 0 Å². The maximum atomic E-state index is 12.7. The van der Waals surface area contributed by atoms with Crippen LogP contribution in [0.5, 0.6) is 11.5 Å². The fraction of sp³-hybridized carbons (Fsp3) is 0.238. The first-order valence-electron chi connectivity index (χ1n) is 9.88. The summed E-state index contributed by atoms with van der Waals surface area (Å²) >= 11 is 0. The van der Waals surface area contributed by atoms with Crippen LogP contribution in [-0.2, 0) is 4.79 Å². The molecule has 2 aliphatic heterocycles. The number of carbonyl (C=O) groups is 1. The second-order valence-electron chi connectivity index (χ2n) is 7.34. The number of benzene rings is 1. The molecule has 6 rings (SSSR count). The second-order valence-corrected chi connectivity index (χ2v) is 7.34. The molecule has 1 aromatic carbocycles. The van der Waals surface area contributed by atoms with Crippen molar-refractivity contribution in [2.45, 2.75) is 12.3 Å². The number of carbonyl (C=O) groups excluding carboxylic acids is 1. The van der Waals surface area contributed by atoms with Gasteiger partial charge in [0.1, 0.15) is 24.6 Å². The summed E-state index contributed by atoms with van der Waals surface area (Å²) in [4.78, 5) is 18.9. The van der Waals surface area contributed by atoms with E-state index in [0.717, 1.165) is 5.69 Å². The van der Waals surface area contributed by atoms with Gasteiger partial charge >= 0.3 is 0 Å². The predicted octanol–water partition coefficient (Wildman–Crippen LogP) is 3.01. The number of aromatic nitrogens is 4. The van der Waals surface area contributed by atoms with E-state index in [9.17, 15) is 4.79 Å². The van der Waals surface area contributed by atoms with E-state index in [2.05, 4.69) is 20.3 Å². The molecular formula is C21H17N5O5. The topological polar surface area (TPSA) is 120 Å². The third kappa shape index (κ3) is 3.12. The predicted molar refractivity (Wildman–Crippen MR) is 107 cm³/mol. The van der Waals surface area contributed by atoms with Crippen LogP contribution in [0.15, 0.2) is 51.6 Å². The molecule has 1 atom stereocenters. The first-order chi connectivity index (χ1) is 15.2. The fourth-order valence-electron chi connectivity index (χ4n) is 3.82. The Morgan fingerprint density at radius 1 is 1.10 bits per heavy atom. The van der Waals surface area contributed by atoms with Crippen molar-refractivity contribution in [1.29, 1.82) is 0 Å². The van der Waals surface area contributed by atoms with Crippen LogP contribution in [0.2, 0.25) is 0 Å². The maximum Gasteiger partial charge on any atom is 0.275 e. The molecule has 5 heterocycles. The summed E-state index contributed by atoms with van der Waals surface area (Å²) in [6, 6.07) is 10.9. The Morgan fingerprint density at radius 2 is 2.00 bits per heavy atom. The summed E-state index contributed by atoms with van der Waals surface area (Å²) in [7, 11) is 0. The lowest BCUT2D eigenvalue weighted by Crippen LogP contribution is -2.25. The number of fused-ring (bicyclic) bond motifs is 1. The largest absolute Gasteiger partial charge is 0.486 e. The molecule has 10 heteroatoms. The summed E-state index contributed by atoms with van der Waals surface area (Å²) in [5.74, 6) is 2.59. The number of nitrogens with one attached hydrogen (secondary N) is 1. The van der Waals surface area contributed by atoms with Crippen LogP contribution in [0.25, 0.3) is 23.0 Å². The van der Waals surface area contributed by atoms with Gasteiger partial charge < -0.3 is 23.3 Å². The summed E-state index contributed by atoms with van der Waals surface area (Å²) in [5.41, 5.74) is 1.98. The summed E-state index contributed by atoms with van der Waals surface area (Å²) in [5, 5.41) is 11.2. The lowest BCUT2D eigenvalue weighted by Gasteiger charge is -2.22. The highest BCUT2D eigenvalue weighted by Crippen LogP contribution is 2.37. The van der Waals surface area contributed by atoms with Crippen LogP contribution < -0.4 is 14.4 Å². The molecule has 3 aromatic heterocycles. The van der Waals surface area contributed by atoms with Gasteiger partial charge in [-0.1, -0.05) is 5.16 Å². The number of ether oxygens (including phenoxy) is 2. The molecule has 10 nitrogen and oxygen atoms in total. The molecule has 2 aliphatic rings. The van der Waals surface area contributed by atoms with Gasteiger partial charge in [-0.3, -0.25) is 9.89 Å². The van der Waals surface area contributed by atoms with Crippen LogP contribution in [0.3, 0.4) is 0 Å². The average molecular weight is 419 g/mol. The van der Waals surface area contributed by atoms with Gasteiger partial charge in [-0.05, 0) is 24.3 Å². The van der Waals surface area contributed by atoms with Gasteiger partial charge in [-0.2, -0.15) is 10.1 Å². The van der Waals surface area contributed by atoms with Crippen LogP contribution in [0, 0.1) is 0 Å². The first-order valence-corrected chi connectivity index (χ1v) is 9.88. The molecule has 1 unspecified atom stereocenters. The molecule has 0 aliphatic carbocycles. The highest BCUT2D eigenvalue weighted by atomic mass is 16.6. The van der Waals surface area contributed by atoms with Gasteiger partial charge in [0.05, 0.1) is 6.26 Å². The van der Waals surface area contributed by atoms with Crippen molar-refractivity contribution in [3.05, 3.63) is 48.5 Å². The van der Waals surface area contributed by atoms with Crippen molar-refractivity contribution in [3.63, 3.8) is 0 Å². The molecule has 1 amide bonds. The number of aromatic amines is 1. The highest BCUT2D eigenvalue weighted by molar-refractivity contribution is 5.96. The number of amides is 1. The third-order valence-electron chi connectivity index (χ3n) is 5.35. The van der Waals surface area contributed by atoms with E-state index in [1.165, 1.54) is 0 Å². The van der Waals surface area contributed by atoms with Gasteiger partial charge in [0.2, 0.25) is 5.91 Å². The monoisotopic (exact) mass is 419 g/mol. The van der Waals surface area contributed by atoms with E-state index < -0.39 is 0 Å². The second kappa shape index (κ2) is 7.01. The van der Waals surface area contributed by atoms with E-state index in [4.69, 9.17) is 18.4 Å². The minimum absolute atomic E-state index is 0.00493. The Labute approximate surface area is 175 Å². The molecule has 0 saturated carbocycles. The number of nitrogens with zero attached hydrogens (tertiary/aromatic N) is 4. The van der Waals surface area contributed by atoms with E-state index in [1.807, 2.05) is 24.3 Å². The normalized spacial score (nSPS) is 18.0. The van der Waals surface area contributed by atoms with Crippen molar-refractivity contribution in [2.75, 3.05) is 24.7 Å². The SMILES string of the molecule is O=C1CC(c2noc(-c3cc(-c4ccco4)n[nH]3)n2)CN1c1ccc2c(c1)OCCO2. The zero-order valence-corrected chi connectivity index (χ0v) is 16.3. The van der Waals surface area contributed by atoms with Gasteiger partial charge in [0.15, 0.2) is 23.1 Å². The Hall–Kier alpha value is -4.08. The van der Waals surface area contributed by atoms with Gasteiger partial charge in [0.25, 0.3) is 5.89 Å². The van der Waals surface area contributed by atoms with Crippen molar-refractivity contribution < 1.29 is 23.2 Å². The highest BCUT2D eigenvalue weighted by Gasteiger charge is 2.35. The van der Waals surface area contributed by atoms with Crippen LogP contribution in [-0.4, -0.2) is 46.0 Å². The van der Waals surface area contributed by atoms with Crippen molar-refractivity contribution in [1.82, 2.24) is 20.3 Å². The molecule has 31 heavy (non-hydrogen) atoms. The lowest BCUT2D eigenvalue weighted by molar-refractivity contribution is -0.117. The smallest absolute Gasteiger partial charge is 0.275 e. The summed E-state index contributed by atoms with van der Waals surface area (Å²) in [6.07, 6.45) is 1.88. The van der Waals surface area contributed by atoms with Crippen molar-refractivity contribution in [3.8, 4) is 34.5 Å². The van der Waals surface area contributed by atoms with Gasteiger partial charge in [-0.25, -0.2) is 0 Å². The van der Waals surface area contributed by atoms with Gasteiger partial charge in [0, 0.05) is 36.7 Å².